The van der Waals surface area contributed by atoms with Crippen LogP contribution in [0.2, 0.25) is 10.0 Å². The van der Waals surface area contributed by atoms with Crippen LogP contribution in [-0.4, -0.2) is 44.0 Å². The molecule has 1 aromatic carbocycles. The molecule has 1 amide bonds. The Kier molecular flexibility index (Phi) is 4.58. The highest BCUT2D eigenvalue weighted by atomic mass is 35.5. The normalized spacial score (nSPS) is 15.7. The molecule has 0 unspecified atom stereocenters. The number of hydrogen-bond acceptors (Lipinski definition) is 5. The van der Waals surface area contributed by atoms with Crippen LogP contribution < -0.4 is 0 Å². The fraction of sp³-hybridized carbons (Fsp3) is 0.412. The minimum absolute atomic E-state index is 0.0208. The molecule has 1 N–H and O–H groups in total. The molecule has 1 aliphatic heterocycles. The third-order valence-corrected chi connectivity index (χ3v) is 5.38. The average Bonchev–Trinajstić information content (AvgIpc) is 3.21. The standard InChI is InChI=1S/C17H17Cl2N5O2/c1-9-20-15(23-26-9)8-16(25)24-4-2-10(3-5-24)17-21-13-6-11(18)12(19)7-14(13)22-17/h6-7,10H,2-5,8H2,1H3,(H,21,22). The first-order chi connectivity index (χ1) is 12.5. The van der Waals surface area contributed by atoms with Crippen molar-refractivity contribution in [2.24, 2.45) is 0 Å². The van der Waals surface area contributed by atoms with E-state index in [4.69, 9.17) is 27.7 Å². The number of aromatic nitrogens is 4. The number of halogens is 2. The Balaban J connectivity index is 1.41. The third-order valence-electron chi connectivity index (χ3n) is 4.66. The van der Waals surface area contributed by atoms with E-state index >= 15 is 0 Å². The molecule has 0 radical (unpaired) electrons. The van der Waals surface area contributed by atoms with Gasteiger partial charge in [0.25, 0.3) is 0 Å². The van der Waals surface area contributed by atoms with Crippen LogP contribution in [0.5, 0.6) is 0 Å². The lowest BCUT2D eigenvalue weighted by Gasteiger charge is -2.31. The first-order valence-electron chi connectivity index (χ1n) is 8.41. The molecule has 0 atom stereocenters. The van der Waals surface area contributed by atoms with E-state index in [9.17, 15) is 4.79 Å². The number of nitrogens with zero attached hydrogens (tertiary/aromatic N) is 4. The molecule has 26 heavy (non-hydrogen) atoms. The van der Waals surface area contributed by atoms with E-state index < -0.39 is 0 Å². The van der Waals surface area contributed by atoms with E-state index in [0.717, 1.165) is 29.7 Å². The fourth-order valence-electron chi connectivity index (χ4n) is 3.28. The fourth-order valence-corrected chi connectivity index (χ4v) is 3.60. The monoisotopic (exact) mass is 393 g/mol. The van der Waals surface area contributed by atoms with Crippen molar-refractivity contribution in [1.82, 2.24) is 25.0 Å². The van der Waals surface area contributed by atoms with Crippen LogP contribution in [0, 0.1) is 6.92 Å². The van der Waals surface area contributed by atoms with Crippen molar-refractivity contribution >= 4 is 40.1 Å². The van der Waals surface area contributed by atoms with Gasteiger partial charge in [-0.3, -0.25) is 4.79 Å². The molecule has 1 fully saturated rings. The summed E-state index contributed by atoms with van der Waals surface area (Å²) in [6, 6.07) is 3.56. The molecule has 1 aliphatic rings. The van der Waals surface area contributed by atoms with E-state index in [1.165, 1.54) is 0 Å². The number of imidazole rings is 1. The highest BCUT2D eigenvalue weighted by Crippen LogP contribution is 2.31. The van der Waals surface area contributed by atoms with Gasteiger partial charge in [0.1, 0.15) is 5.82 Å². The topological polar surface area (TPSA) is 87.9 Å². The minimum atomic E-state index is 0.0208. The zero-order chi connectivity index (χ0) is 18.3. The Bertz CT molecular complexity index is 920. The van der Waals surface area contributed by atoms with E-state index in [-0.39, 0.29) is 18.2 Å². The maximum Gasteiger partial charge on any atom is 0.230 e. The summed E-state index contributed by atoms with van der Waals surface area (Å²) in [6.07, 6.45) is 1.86. The van der Waals surface area contributed by atoms with Crippen molar-refractivity contribution in [3.8, 4) is 0 Å². The number of aromatic amines is 1. The van der Waals surface area contributed by atoms with E-state index in [1.807, 2.05) is 4.90 Å². The molecule has 0 spiro atoms. The SMILES string of the molecule is Cc1nc(CC(=O)N2CCC(c3nc4cc(Cl)c(Cl)cc4[nH]3)CC2)no1. The number of H-pyrrole nitrogens is 1. The van der Waals surface area contributed by atoms with Gasteiger partial charge in [-0.25, -0.2) is 4.98 Å². The number of rotatable bonds is 3. The van der Waals surface area contributed by atoms with Gasteiger partial charge < -0.3 is 14.4 Å². The summed E-state index contributed by atoms with van der Waals surface area (Å²) in [7, 11) is 0. The number of likely N-dealkylation sites (tertiary alicyclic amines) is 1. The molecule has 3 aromatic rings. The predicted molar refractivity (Wildman–Crippen MR) is 97.4 cm³/mol. The van der Waals surface area contributed by atoms with Crippen LogP contribution >= 0.6 is 23.2 Å². The van der Waals surface area contributed by atoms with Crippen molar-refractivity contribution in [2.45, 2.75) is 32.1 Å². The van der Waals surface area contributed by atoms with Crippen molar-refractivity contribution in [3.05, 3.63) is 39.7 Å². The smallest absolute Gasteiger partial charge is 0.230 e. The molecule has 3 heterocycles. The Morgan fingerprint density at radius 1 is 1.27 bits per heavy atom. The van der Waals surface area contributed by atoms with Gasteiger partial charge in [-0.2, -0.15) is 4.98 Å². The summed E-state index contributed by atoms with van der Waals surface area (Å²) in [4.78, 5) is 26.3. The van der Waals surface area contributed by atoms with Gasteiger partial charge in [-0.05, 0) is 25.0 Å². The molecule has 136 valence electrons. The number of fused-ring (bicyclic) bond motifs is 1. The van der Waals surface area contributed by atoms with Gasteiger partial charge in [-0.15, -0.1) is 0 Å². The van der Waals surface area contributed by atoms with Crippen LogP contribution in [0.4, 0.5) is 0 Å². The molecular weight excluding hydrogens is 377 g/mol. The van der Waals surface area contributed by atoms with Crippen molar-refractivity contribution in [1.29, 1.82) is 0 Å². The number of carbonyl (C=O) groups is 1. The number of amides is 1. The maximum absolute atomic E-state index is 12.4. The number of piperidine rings is 1. The van der Waals surface area contributed by atoms with E-state index in [0.29, 0.717) is 34.8 Å². The second-order valence-corrected chi connectivity index (χ2v) is 7.28. The van der Waals surface area contributed by atoms with Crippen LogP contribution in [0.3, 0.4) is 0 Å². The maximum atomic E-state index is 12.4. The average molecular weight is 394 g/mol. The number of nitrogens with one attached hydrogen (secondary N) is 1. The number of benzene rings is 1. The summed E-state index contributed by atoms with van der Waals surface area (Å²) >= 11 is 12.1. The minimum Gasteiger partial charge on any atom is -0.342 e. The lowest BCUT2D eigenvalue weighted by molar-refractivity contribution is -0.131. The van der Waals surface area contributed by atoms with Gasteiger partial charge in [-0.1, -0.05) is 28.4 Å². The highest BCUT2D eigenvalue weighted by molar-refractivity contribution is 6.42. The lowest BCUT2D eigenvalue weighted by Crippen LogP contribution is -2.39. The molecular formula is C17H17Cl2N5O2. The van der Waals surface area contributed by atoms with E-state index in [1.54, 1.807) is 19.1 Å². The molecule has 4 rings (SSSR count). The number of hydrogen-bond donors (Lipinski definition) is 1. The zero-order valence-electron chi connectivity index (χ0n) is 14.1. The second kappa shape index (κ2) is 6.89. The van der Waals surface area contributed by atoms with Gasteiger partial charge in [0.2, 0.25) is 11.8 Å². The summed E-state index contributed by atoms with van der Waals surface area (Å²) in [5.41, 5.74) is 1.68. The third kappa shape index (κ3) is 3.41. The molecule has 2 aromatic heterocycles. The number of aryl methyl sites for hydroxylation is 1. The summed E-state index contributed by atoms with van der Waals surface area (Å²) < 4.78 is 4.91. The molecule has 1 saturated heterocycles. The van der Waals surface area contributed by atoms with E-state index in [2.05, 4.69) is 20.1 Å². The molecule has 9 heteroatoms. The Morgan fingerprint density at radius 3 is 2.69 bits per heavy atom. The van der Waals surface area contributed by atoms with Gasteiger partial charge in [0.15, 0.2) is 5.82 Å². The van der Waals surface area contributed by atoms with Gasteiger partial charge in [0, 0.05) is 25.9 Å². The van der Waals surface area contributed by atoms with Crippen LogP contribution in [0.1, 0.15) is 36.3 Å². The molecule has 7 nitrogen and oxygen atoms in total. The summed E-state index contributed by atoms with van der Waals surface area (Å²) in [5, 5.41) is 4.78. The molecule has 0 aliphatic carbocycles. The largest absolute Gasteiger partial charge is 0.342 e. The summed E-state index contributed by atoms with van der Waals surface area (Å²) in [6.45, 7) is 3.07. The van der Waals surface area contributed by atoms with Gasteiger partial charge in [0.05, 0.1) is 27.5 Å². The Hall–Kier alpha value is -2.12. The summed E-state index contributed by atoms with van der Waals surface area (Å²) in [5.74, 6) is 2.11. The van der Waals surface area contributed by atoms with Gasteiger partial charge >= 0.3 is 0 Å². The second-order valence-electron chi connectivity index (χ2n) is 6.47. The zero-order valence-corrected chi connectivity index (χ0v) is 15.6. The number of carbonyl (C=O) groups excluding carboxylic acids is 1. The lowest BCUT2D eigenvalue weighted by atomic mass is 9.96. The first kappa shape index (κ1) is 17.3. The van der Waals surface area contributed by atoms with Crippen LogP contribution in [0.15, 0.2) is 16.7 Å². The first-order valence-corrected chi connectivity index (χ1v) is 9.17. The molecule has 0 saturated carbocycles. The van der Waals surface area contributed by atoms with Crippen LogP contribution in [0.25, 0.3) is 11.0 Å². The quantitative estimate of drug-likeness (QED) is 0.735. The Labute approximate surface area is 159 Å². The molecule has 0 bridgehead atoms. The Morgan fingerprint density at radius 2 is 2.00 bits per heavy atom. The highest BCUT2D eigenvalue weighted by Gasteiger charge is 2.26. The van der Waals surface area contributed by atoms with Crippen LogP contribution in [-0.2, 0) is 11.2 Å². The van der Waals surface area contributed by atoms with Crippen molar-refractivity contribution in [2.75, 3.05) is 13.1 Å². The van der Waals surface area contributed by atoms with Crippen molar-refractivity contribution in [3.63, 3.8) is 0 Å². The van der Waals surface area contributed by atoms with Crippen molar-refractivity contribution < 1.29 is 9.32 Å². The predicted octanol–water partition coefficient (Wildman–Crippen LogP) is 3.51.